The molecule has 0 aromatic heterocycles. The Morgan fingerprint density at radius 1 is 1.21 bits per heavy atom. The molecule has 0 aliphatic carbocycles. The molecule has 4 rings (SSSR count). The number of nitrogens with one attached hydrogen (secondary N) is 2. The molecular weight excluding hydrogens is 530 g/mol. The number of fused-ring (bicyclic) bond motifs is 1. The molecule has 6 atom stereocenters. The second-order valence-electron chi connectivity index (χ2n) is 8.94. The number of thioether (sulfide) groups is 1. The van der Waals surface area contributed by atoms with Gasteiger partial charge in [0.1, 0.15) is 6.04 Å². The Balaban J connectivity index is 1.63. The third-order valence-electron chi connectivity index (χ3n) is 7.01. The minimum Gasteiger partial charge on any atom is -0.396 e. The van der Waals surface area contributed by atoms with Gasteiger partial charge in [0.25, 0.3) is 0 Å². The minimum atomic E-state index is -0.659. The number of hydrogen-bond donors (Lipinski definition) is 3. The highest BCUT2D eigenvalue weighted by atomic mass is 79.9. The summed E-state index contributed by atoms with van der Waals surface area (Å²) in [5.41, 5.74) is 0.621. The van der Waals surface area contributed by atoms with Crippen LogP contribution in [-0.2, 0) is 14.4 Å². The number of carbonyl (C=O) groups excluding carboxylic acids is 3. The maximum atomic E-state index is 13.7. The van der Waals surface area contributed by atoms with Crippen molar-refractivity contribution in [3.63, 3.8) is 0 Å². The van der Waals surface area contributed by atoms with Gasteiger partial charge in [0.15, 0.2) is 0 Å². The van der Waals surface area contributed by atoms with Crippen LogP contribution in [0.3, 0.4) is 0 Å². The van der Waals surface area contributed by atoms with E-state index in [0.717, 1.165) is 25.7 Å². The van der Waals surface area contributed by atoms with E-state index in [2.05, 4.69) is 26.6 Å². The number of alkyl halides is 1. The summed E-state index contributed by atoms with van der Waals surface area (Å²) < 4.78 is -0.644. The molecule has 3 amide bonds. The van der Waals surface area contributed by atoms with E-state index in [1.807, 2.05) is 0 Å². The van der Waals surface area contributed by atoms with Gasteiger partial charge in [-0.3, -0.25) is 14.4 Å². The van der Waals surface area contributed by atoms with E-state index in [1.165, 1.54) is 0 Å². The highest BCUT2D eigenvalue weighted by Gasteiger charge is 2.75. The number of benzene rings is 1. The summed E-state index contributed by atoms with van der Waals surface area (Å²) in [4.78, 5) is 42.0. The van der Waals surface area contributed by atoms with Crippen LogP contribution >= 0.6 is 39.3 Å². The Morgan fingerprint density at radius 3 is 2.58 bits per heavy atom. The van der Waals surface area contributed by atoms with Crippen molar-refractivity contribution in [3.05, 3.63) is 29.3 Å². The quantitative estimate of drug-likeness (QED) is 0.320. The van der Waals surface area contributed by atoms with Gasteiger partial charge >= 0.3 is 0 Å². The molecule has 3 aliphatic rings. The zero-order valence-corrected chi connectivity index (χ0v) is 21.6. The smallest absolute Gasteiger partial charge is 0.248 e. The Labute approximate surface area is 211 Å². The number of unbranched alkanes of at least 4 members (excludes halogenated alkanes) is 3. The average molecular weight is 559 g/mol. The lowest BCUT2D eigenvalue weighted by molar-refractivity contribution is -0.139. The van der Waals surface area contributed by atoms with Gasteiger partial charge in [-0.2, -0.15) is 0 Å². The van der Waals surface area contributed by atoms with Gasteiger partial charge in [-0.25, -0.2) is 0 Å². The molecule has 10 heteroatoms. The first-order valence-corrected chi connectivity index (χ1v) is 13.5. The van der Waals surface area contributed by atoms with Crippen LogP contribution in [0.2, 0.25) is 5.02 Å². The number of amides is 3. The fraction of sp³-hybridized carbons (Fsp3) is 0.609. The lowest BCUT2D eigenvalue weighted by atomic mass is 9.70. The third kappa shape index (κ3) is 4.42. The van der Waals surface area contributed by atoms with Crippen molar-refractivity contribution < 1.29 is 19.5 Å². The van der Waals surface area contributed by atoms with E-state index in [0.29, 0.717) is 23.7 Å². The predicted octanol–water partition coefficient (Wildman–Crippen LogP) is 3.04. The van der Waals surface area contributed by atoms with E-state index in [4.69, 9.17) is 16.7 Å². The number of likely N-dealkylation sites (tertiary alicyclic amines) is 1. The topological polar surface area (TPSA) is 98.7 Å². The zero-order valence-electron chi connectivity index (χ0n) is 18.4. The number of hydrogen-bond acceptors (Lipinski definition) is 5. The Morgan fingerprint density at radius 2 is 1.91 bits per heavy atom. The average Bonchev–Trinajstić information content (AvgIpc) is 3.38. The second kappa shape index (κ2) is 10.1. The number of carbonyl (C=O) groups is 3. The van der Waals surface area contributed by atoms with Crippen molar-refractivity contribution in [2.75, 3.05) is 25.5 Å². The molecule has 0 saturated carbocycles. The summed E-state index contributed by atoms with van der Waals surface area (Å²) in [6, 6.07) is 6.25. The first-order chi connectivity index (χ1) is 15.8. The highest BCUT2D eigenvalue weighted by Crippen LogP contribution is 2.67. The predicted molar refractivity (Wildman–Crippen MR) is 134 cm³/mol. The third-order valence-corrected chi connectivity index (χ3v) is 10.5. The molecule has 7 nitrogen and oxygen atoms in total. The molecule has 180 valence electrons. The van der Waals surface area contributed by atoms with Crippen LogP contribution in [0, 0.1) is 11.8 Å². The van der Waals surface area contributed by atoms with E-state index in [1.54, 1.807) is 48.0 Å². The van der Waals surface area contributed by atoms with Crippen LogP contribution in [0.5, 0.6) is 0 Å². The molecule has 33 heavy (non-hydrogen) atoms. The van der Waals surface area contributed by atoms with Crippen molar-refractivity contribution in [1.82, 2.24) is 10.2 Å². The van der Waals surface area contributed by atoms with Gasteiger partial charge in [-0.05, 0) is 43.5 Å². The monoisotopic (exact) mass is 557 g/mol. The van der Waals surface area contributed by atoms with E-state index in [-0.39, 0.29) is 34.4 Å². The van der Waals surface area contributed by atoms with Crippen molar-refractivity contribution in [2.24, 2.45) is 11.8 Å². The molecule has 3 fully saturated rings. The van der Waals surface area contributed by atoms with Crippen LogP contribution < -0.4 is 10.6 Å². The van der Waals surface area contributed by atoms with Gasteiger partial charge < -0.3 is 20.6 Å². The lowest BCUT2D eigenvalue weighted by Gasteiger charge is -2.35. The maximum Gasteiger partial charge on any atom is 0.248 e. The van der Waals surface area contributed by atoms with Crippen LogP contribution in [0.4, 0.5) is 5.69 Å². The molecule has 1 aromatic rings. The van der Waals surface area contributed by atoms with Crippen molar-refractivity contribution in [1.29, 1.82) is 0 Å². The summed E-state index contributed by atoms with van der Waals surface area (Å²) in [6.45, 7) is 0.609. The molecule has 3 N–H and O–H groups in total. The van der Waals surface area contributed by atoms with E-state index in [9.17, 15) is 14.4 Å². The summed E-state index contributed by atoms with van der Waals surface area (Å²) >= 11 is 11.3. The van der Waals surface area contributed by atoms with E-state index < -0.39 is 22.6 Å². The molecule has 3 saturated heterocycles. The van der Waals surface area contributed by atoms with Gasteiger partial charge in [0.2, 0.25) is 17.7 Å². The first kappa shape index (κ1) is 24.8. The molecule has 0 radical (unpaired) electrons. The largest absolute Gasteiger partial charge is 0.396 e. The Hall–Kier alpha value is -1.29. The van der Waals surface area contributed by atoms with Crippen LogP contribution in [0.15, 0.2) is 24.3 Å². The van der Waals surface area contributed by atoms with E-state index >= 15 is 0 Å². The Kier molecular flexibility index (Phi) is 7.63. The molecule has 3 unspecified atom stereocenters. The molecule has 1 aromatic carbocycles. The normalized spacial score (nSPS) is 32.2. The SMILES string of the molecule is CNC(=O)[C@H]1[C@@H]2SC3(CC2Br)C(C(=O)Nc2ccc(Cl)cc2)N(CCCCCCO)C(=O)[C@H]13. The van der Waals surface area contributed by atoms with Gasteiger partial charge in [0, 0.05) is 41.0 Å². The summed E-state index contributed by atoms with van der Waals surface area (Å²) in [5.74, 6) is -1.45. The standard InChI is InChI=1S/C23H29BrClN3O4S/c1-26-20(30)16-17-22(32)28(10-4-2-3-5-11-29)19(23(17)12-15(24)18(16)33-23)21(31)27-14-8-6-13(25)7-9-14/h6-9,15-19,29H,2-5,10-12H2,1H3,(H,26,30)(H,27,31)/t15?,16-,17+,18-,19?,23?/m1/s1. The van der Waals surface area contributed by atoms with Crippen LogP contribution in [0.1, 0.15) is 32.1 Å². The van der Waals surface area contributed by atoms with Crippen LogP contribution in [0.25, 0.3) is 0 Å². The fourth-order valence-electron chi connectivity index (χ4n) is 5.63. The van der Waals surface area contributed by atoms with Crippen molar-refractivity contribution >= 4 is 62.7 Å². The molecule has 3 aliphatic heterocycles. The molecule has 1 spiro atoms. The number of halogens is 2. The van der Waals surface area contributed by atoms with Crippen molar-refractivity contribution in [2.45, 2.75) is 53.0 Å². The molecular formula is C23H29BrClN3O4S. The molecule has 2 bridgehead atoms. The number of anilines is 1. The summed E-state index contributed by atoms with van der Waals surface area (Å²) in [6.07, 6.45) is 3.86. The Bertz CT molecular complexity index is 919. The zero-order chi connectivity index (χ0) is 23.8. The minimum absolute atomic E-state index is 0.0450. The fourth-order valence-corrected chi connectivity index (χ4v) is 9.37. The van der Waals surface area contributed by atoms with Gasteiger partial charge in [0.05, 0.1) is 16.6 Å². The molecule has 3 heterocycles. The number of nitrogens with zero attached hydrogens (tertiary/aromatic N) is 1. The van der Waals surface area contributed by atoms with Crippen LogP contribution in [-0.4, -0.2) is 68.8 Å². The summed E-state index contributed by atoms with van der Waals surface area (Å²) in [5, 5.41) is 15.3. The number of aliphatic hydroxyl groups excluding tert-OH is 1. The highest BCUT2D eigenvalue weighted by molar-refractivity contribution is 9.09. The number of aliphatic hydroxyl groups is 1. The number of rotatable bonds is 9. The van der Waals surface area contributed by atoms with Gasteiger partial charge in [-0.15, -0.1) is 11.8 Å². The van der Waals surface area contributed by atoms with Crippen molar-refractivity contribution in [3.8, 4) is 0 Å². The maximum absolute atomic E-state index is 13.7. The summed E-state index contributed by atoms with van der Waals surface area (Å²) in [7, 11) is 1.60. The van der Waals surface area contributed by atoms with Gasteiger partial charge in [-0.1, -0.05) is 40.4 Å². The first-order valence-electron chi connectivity index (χ1n) is 11.4. The second-order valence-corrected chi connectivity index (χ2v) is 12.1. The lowest BCUT2D eigenvalue weighted by Crippen LogP contribution is -2.53.